The number of hydrogen-bond acceptors (Lipinski definition) is 2. The van der Waals surface area contributed by atoms with Crippen LogP contribution in [0.15, 0.2) is 12.4 Å². The Kier molecular flexibility index (Phi) is 4.35. The largest absolute Gasteiger partial charge is 0.419 e. The molecule has 1 aromatic rings. The Morgan fingerprint density at radius 2 is 2.19 bits per heavy atom. The lowest BCUT2D eigenvalue weighted by molar-refractivity contribution is -0.137. The average Bonchev–Trinajstić information content (AvgIpc) is 2.62. The first kappa shape index (κ1) is 13.0. The molecule has 0 radical (unpaired) electrons. The molecule has 1 atom stereocenters. The Hall–Kier alpha value is -1.04. The van der Waals surface area contributed by atoms with E-state index in [4.69, 9.17) is 0 Å². The van der Waals surface area contributed by atoms with E-state index in [-0.39, 0.29) is 6.04 Å². The van der Waals surface area contributed by atoms with E-state index in [1.165, 1.54) is 4.68 Å². The number of nitrogens with one attached hydrogen (secondary N) is 1. The molecule has 1 unspecified atom stereocenters. The molecule has 0 saturated heterocycles. The van der Waals surface area contributed by atoms with Crippen LogP contribution >= 0.6 is 0 Å². The number of nitrogens with zero attached hydrogens (tertiary/aromatic N) is 2. The van der Waals surface area contributed by atoms with E-state index in [0.717, 1.165) is 25.4 Å². The summed E-state index contributed by atoms with van der Waals surface area (Å²) in [5.74, 6) is 0. The summed E-state index contributed by atoms with van der Waals surface area (Å²) in [4.78, 5) is 0. The van der Waals surface area contributed by atoms with Gasteiger partial charge in [-0.15, -0.1) is 0 Å². The van der Waals surface area contributed by atoms with Gasteiger partial charge in [-0.1, -0.05) is 6.92 Å². The Balaban J connectivity index is 2.52. The van der Waals surface area contributed by atoms with Crippen molar-refractivity contribution in [2.45, 2.75) is 39.0 Å². The van der Waals surface area contributed by atoms with Gasteiger partial charge in [-0.05, 0) is 19.9 Å². The molecule has 16 heavy (non-hydrogen) atoms. The highest BCUT2D eigenvalue weighted by Gasteiger charge is 2.32. The molecule has 1 rings (SSSR count). The van der Waals surface area contributed by atoms with Crippen molar-refractivity contribution in [1.82, 2.24) is 15.1 Å². The molecular weight excluding hydrogens is 219 g/mol. The van der Waals surface area contributed by atoms with Crippen molar-refractivity contribution in [3.05, 3.63) is 18.0 Å². The van der Waals surface area contributed by atoms with Crippen molar-refractivity contribution >= 4 is 0 Å². The molecule has 6 heteroatoms. The highest BCUT2D eigenvalue weighted by atomic mass is 19.4. The Labute approximate surface area is 92.6 Å². The molecule has 0 aliphatic heterocycles. The summed E-state index contributed by atoms with van der Waals surface area (Å²) < 4.78 is 38.1. The topological polar surface area (TPSA) is 29.9 Å². The maximum Gasteiger partial charge on any atom is 0.419 e. The van der Waals surface area contributed by atoms with Crippen LogP contribution in [0.4, 0.5) is 13.2 Å². The van der Waals surface area contributed by atoms with E-state index in [9.17, 15) is 13.2 Å². The van der Waals surface area contributed by atoms with Crippen molar-refractivity contribution in [1.29, 1.82) is 0 Å². The Morgan fingerprint density at radius 3 is 2.69 bits per heavy atom. The molecule has 0 fully saturated rings. The summed E-state index contributed by atoms with van der Waals surface area (Å²) >= 11 is 0. The molecule has 1 heterocycles. The van der Waals surface area contributed by atoms with Crippen molar-refractivity contribution in [3.8, 4) is 0 Å². The minimum absolute atomic E-state index is 0.112. The molecule has 3 nitrogen and oxygen atoms in total. The SMILES string of the molecule is CCCNC(C)Cn1cc(C(F)(F)F)cn1. The first-order valence-electron chi connectivity index (χ1n) is 5.26. The predicted octanol–water partition coefficient (Wildman–Crippen LogP) is 2.29. The third-order valence-corrected chi connectivity index (χ3v) is 2.16. The Bertz CT molecular complexity index is 319. The van der Waals surface area contributed by atoms with Gasteiger partial charge in [0.15, 0.2) is 0 Å². The van der Waals surface area contributed by atoms with Crippen molar-refractivity contribution in [2.24, 2.45) is 0 Å². The molecule has 0 aromatic carbocycles. The summed E-state index contributed by atoms with van der Waals surface area (Å²) in [6.45, 7) is 5.25. The fraction of sp³-hybridized carbons (Fsp3) is 0.700. The van der Waals surface area contributed by atoms with Crippen LogP contribution in [-0.2, 0) is 12.7 Å². The van der Waals surface area contributed by atoms with Crippen LogP contribution < -0.4 is 5.32 Å². The molecule has 0 aliphatic carbocycles. The van der Waals surface area contributed by atoms with Crippen LogP contribution in [0.25, 0.3) is 0 Å². The fourth-order valence-electron chi connectivity index (χ4n) is 1.35. The summed E-state index contributed by atoms with van der Waals surface area (Å²) in [7, 11) is 0. The average molecular weight is 235 g/mol. The van der Waals surface area contributed by atoms with Gasteiger partial charge in [0.25, 0.3) is 0 Å². The minimum atomic E-state index is -4.31. The van der Waals surface area contributed by atoms with Gasteiger partial charge in [-0.2, -0.15) is 18.3 Å². The lowest BCUT2D eigenvalue weighted by Gasteiger charge is -2.12. The monoisotopic (exact) mass is 235 g/mol. The smallest absolute Gasteiger partial charge is 0.312 e. The normalized spacial score (nSPS) is 14.1. The van der Waals surface area contributed by atoms with Gasteiger partial charge in [0.2, 0.25) is 0 Å². The van der Waals surface area contributed by atoms with Gasteiger partial charge in [0, 0.05) is 12.2 Å². The van der Waals surface area contributed by atoms with Crippen molar-refractivity contribution in [3.63, 3.8) is 0 Å². The number of aromatic nitrogens is 2. The Morgan fingerprint density at radius 1 is 1.50 bits per heavy atom. The van der Waals surface area contributed by atoms with Crippen molar-refractivity contribution in [2.75, 3.05) is 6.54 Å². The van der Waals surface area contributed by atoms with Crippen LogP contribution in [0.5, 0.6) is 0 Å². The molecule has 0 aliphatic rings. The maximum atomic E-state index is 12.3. The van der Waals surface area contributed by atoms with Gasteiger partial charge in [-0.25, -0.2) is 0 Å². The zero-order valence-electron chi connectivity index (χ0n) is 9.38. The quantitative estimate of drug-likeness (QED) is 0.848. The third kappa shape index (κ3) is 3.84. The van der Waals surface area contributed by atoms with E-state index in [0.29, 0.717) is 6.54 Å². The summed E-state index contributed by atoms with van der Waals surface area (Å²) in [5, 5.41) is 6.87. The fourth-order valence-corrected chi connectivity index (χ4v) is 1.35. The van der Waals surface area contributed by atoms with Crippen LogP contribution in [0, 0.1) is 0 Å². The van der Waals surface area contributed by atoms with Crippen LogP contribution in [0.2, 0.25) is 0 Å². The molecular formula is C10H16F3N3. The zero-order chi connectivity index (χ0) is 12.2. The molecule has 1 aromatic heterocycles. The first-order chi connectivity index (χ1) is 7.43. The van der Waals surface area contributed by atoms with Crippen LogP contribution in [0.3, 0.4) is 0 Å². The minimum Gasteiger partial charge on any atom is -0.312 e. The zero-order valence-corrected chi connectivity index (χ0v) is 9.38. The standard InChI is InChI=1S/C10H16F3N3/c1-3-4-14-8(2)6-16-7-9(5-15-16)10(11,12)13/h5,7-8,14H,3-4,6H2,1-2H3. The van der Waals surface area contributed by atoms with Gasteiger partial charge >= 0.3 is 6.18 Å². The lowest BCUT2D eigenvalue weighted by Crippen LogP contribution is -2.31. The van der Waals surface area contributed by atoms with E-state index < -0.39 is 11.7 Å². The molecule has 1 N–H and O–H groups in total. The maximum absolute atomic E-state index is 12.3. The molecule has 0 bridgehead atoms. The van der Waals surface area contributed by atoms with Gasteiger partial charge in [0.1, 0.15) is 0 Å². The molecule has 92 valence electrons. The van der Waals surface area contributed by atoms with Gasteiger partial charge in [0.05, 0.1) is 18.3 Å². The van der Waals surface area contributed by atoms with Crippen LogP contribution in [-0.4, -0.2) is 22.4 Å². The summed E-state index contributed by atoms with van der Waals surface area (Å²) in [6.07, 6.45) is -1.42. The second kappa shape index (κ2) is 5.34. The van der Waals surface area contributed by atoms with E-state index in [1.54, 1.807) is 0 Å². The summed E-state index contributed by atoms with van der Waals surface area (Å²) in [5.41, 5.74) is -0.699. The second-order valence-corrected chi connectivity index (χ2v) is 3.80. The highest BCUT2D eigenvalue weighted by molar-refractivity contribution is 5.08. The summed E-state index contributed by atoms with van der Waals surface area (Å²) in [6, 6.07) is 0.112. The predicted molar refractivity (Wildman–Crippen MR) is 55.0 cm³/mol. The second-order valence-electron chi connectivity index (χ2n) is 3.80. The molecule has 0 saturated carbocycles. The molecule has 0 amide bonds. The van der Waals surface area contributed by atoms with E-state index >= 15 is 0 Å². The van der Waals surface area contributed by atoms with Crippen molar-refractivity contribution < 1.29 is 13.2 Å². The number of hydrogen-bond donors (Lipinski definition) is 1. The lowest BCUT2D eigenvalue weighted by atomic mass is 10.3. The van der Waals surface area contributed by atoms with E-state index in [1.807, 2.05) is 13.8 Å². The first-order valence-corrected chi connectivity index (χ1v) is 5.26. The van der Waals surface area contributed by atoms with Gasteiger partial charge < -0.3 is 5.32 Å². The van der Waals surface area contributed by atoms with Crippen LogP contribution in [0.1, 0.15) is 25.8 Å². The number of alkyl halides is 3. The highest BCUT2D eigenvalue weighted by Crippen LogP contribution is 2.28. The van der Waals surface area contributed by atoms with E-state index in [2.05, 4.69) is 10.4 Å². The number of rotatable bonds is 5. The number of halogens is 3. The molecule has 0 spiro atoms. The van der Waals surface area contributed by atoms with Gasteiger partial charge in [-0.3, -0.25) is 4.68 Å². The third-order valence-electron chi connectivity index (χ3n) is 2.16.